The minimum atomic E-state index is -5.08. The number of hydrogen-bond donors (Lipinski definition) is 0. The van der Waals surface area contributed by atoms with Crippen molar-refractivity contribution in [3.8, 4) is 0 Å². The van der Waals surface area contributed by atoms with E-state index in [-0.39, 0.29) is 71.7 Å². The molecule has 19 heteroatoms. The summed E-state index contributed by atoms with van der Waals surface area (Å²) in [7, 11) is 0.858. The van der Waals surface area contributed by atoms with Crippen molar-refractivity contribution in [2.45, 2.75) is 94.1 Å². The van der Waals surface area contributed by atoms with E-state index in [0.717, 1.165) is 11.1 Å². The zero-order valence-corrected chi connectivity index (χ0v) is 46.4. The number of alkyl halides is 6. The molecule has 0 aromatic rings. The van der Waals surface area contributed by atoms with Crippen molar-refractivity contribution in [2.75, 3.05) is 73.9 Å². The molecule has 2 atom stereocenters. The number of rotatable bonds is 14. The fourth-order valence-electron chi connectivity index (χ4n) is 4.18. The van der Waals surface area contributed by atoms with Crippen molar-refractivity contribution >= 4 is 59.6 Å². The second-order valence-corrected chi connectivity index (χ2v) is 27.3. The van der Waals surface area contributed by atoms with Gasteiger partial charge in [-0.1, -0.05) is 20.8 Å². The fourth-order valence-corrected chi connectivity index (χ4v) is 10.0. The van der Waals surface area contributed by atoms with Crippen molar-refractivity contribution in [1.29, 1.82) is 0 Å². The Labute approximate surface area is 387 Å². The van der Waals surface area contributed by atoms with Crippen LogP contribution in [-0.4, -0.2) is 104 Å². The molecule has 0 saturated carbocycles. The molecule has 2 radical (unpaired) electrons. The molecule has 2 aliphatic rings. The van der Waals surface area contributed by atoms with Gasteiger partial charge in [0.2, 0.25) is 0 Å². The first-order valence-electron chi connectivity index (χ1n) is 19.2. The number of carbonyl (C=O) groups excluding carboxylic acids is 1. The van der Waals surface area contributed by atoms with Gasteiger partial charge in [0.1, 0.15) is 17.7 Å². The standard InChI is InChI=1S/C13H8O.4C6H15P.2CF3O2S.2Pt/c14-13(11-7-3-1-4-8-11)12-9-5-2-6-10-12;4*1-4-7(5-2)6-3;2*2-1(3,4)7(5)6;;/h3-10H;4*4-6H2,1-3H3;;;;/p+4. The van der Waals surface area contributed by atoms with Crippen molar-refractivity contribution in [3.05, 3.63) is 71.9 Å². The predicted octanol–water partition coefficient (Wildman–Crippen LogP) is 12.7. The maximum absolute atomic E-state index is 10.6. The first-order valence-corrected chi connectivity index (χ1v) is 29.6. The zero-order valence-electron chi connectivity index (χ0n) is 36.3. The van der Waals surface area contributed by atoms with Crippen molar-refractivity contribution < 1.29 is 90.8 Å². The van der Waals surface area contributed by atoms with E-state index in [1.54, 1.807) is 24.3 Å². The van der Waals surface area contributed by atoms with Gasteiger partial charge in [0.25, 0.3) is 22.2 Å². The first kappa shape index (κ1) is 73.2. The van der Waals surface area contributed by atoms with E-state index in [9.17, 15) is 31.1 Å². The number of hydrogen-bond acceptors (Lipinski definition) is 2. The van der Waals surface area contributed by atoms with E-state index >= 15 is 0 Å². The first-order chi connectivity index (χ1) is 26.1. The fraction of sp³-hybridized carbons (Fsp3) is 0.667. The second kappa shape index (κ2) is 48.9. The largest absolute Gasteiger partial charge is 0.499 e. The van der Waals surface area contributed by atoms with Crippen LogP contribution in [-0.2, 0) is 73.4 Å². The molecule has 2 rings (SSSR count). The van der Waals surface area contributed by atoms with E-state index in [2.05, 4.69) is 94.9 Å². The van der Waals surface area contributed by atoms with Crippen molar-refractivity contribution in [3.63, 3.8) is 0 Å². The Morgan fingerprint density at radius 1 is 0.672 bits per heavy atom. The molecule has 0 fully saturated rings. The van der Waals surface area contributed by atoms with Crippen LogP contribution in [0, 0.1) is 12.5 Å². The van der Waals surface area contributed by atoms with Gasteiger partial charge in [-0.15, -0.1) is 41.7 Å². The van der Waals surface area contributed by atoms with Gasteiger partial charge < -0.3 is 4.79 Å². The topological polar surface area (TPSA) is 95.3 Å². The van der Waals surface area contributed by atoms with E-state index in [4.69, 9.17) is 17.5 Å². The molecule has 1 N–H and O–H groups in total. The molecule has 2 unspecified atom stereocenters. The van der Waals surface area contributed by atoms with Crippen LogP contribution in [0.1, 0.15) is 83.1 Å². The summed E-state index contributed by atoms with van der Waals surface area (Å²) >= 11 is -7.87. The molecular weight excluding hydrogens is 1240 g/mol. The summed E-state index contributed by atoms with van der Waals surface area (Å²) < 4.78 is 99.0. The van der Waals surface area contributed by atoms with E-state index in [0.29, 0.717) is 7.92 Å². The molecule has 58 heavy (non-hydrogen) atoms. The molecule has 0 bridgehead atoms. The quantitative estimate of drug-likeness (QED) is 0.0569. The van der Waals surface area contributed by atoms with Crippen LogP contribution in [0.2, 0.25) is 0 Å². The average Bonchev–Trinajstić information content (AvgIpc) is 3.19. The number of halogens is 6. The summed E-state index contributed by atoms with van der Waals surface area (Å²) in [5.41, 5.74) is -5.66. The maximum Gasteiger partial charge on any atom is 0.499 e. The molecule has 0 aromatic carbocycles. The number of ketones is 1. The Bertz CT molecular complexity index is 1110. The van der Waals surface area contributed by atoms with Gasteiger partial charge in [-0.25, -0.2) is 14.1 Å². The van der Waals surface area contributed by atoms with Crippen LogP contribution < -0.4 is 0 Å². The smallest absolute Gasteiger partial charge is 0.314 e. The molecule has 0 saturated heterocycles. The van der Waals surface area contributed by atoms with E-state index in [1.807, 2.05) is 24.6 Å². The molecular formula is C39H72F6O5P4Pt2S2+4. The second-order valence-electron chi connectivity index (χ2n) is 11.3. The summed E-state index contributed by atoms with van der Waals surface area (Å²) in [6.45, 7) is 27.6. The Hall–Kier alpha value is 0.827. The molecule has 0 aliphatic heterocycles. The van der Waals surface area contributed by atoms with Gasteiger partial charge in [-0.3, -0.25) is 0 Å². The van der Waals surface area contributed by atoms with Crippen LogP contribution in [0.3, 0.4) is 0 Å². The van der Waals surface area contributed by atoms with Crippen LogP contribution in [0.5, 0.6) is 0 Å². The summed E-state index contributed by atoms with van der Waals surface area (Å²) in [4.78, 5) is 9.88. The summed E-state index contributed by atoms with van der Waals surface area (Å²) in [6.07, 6.45) is 34.7. The molecule has 2 aliphatic carbocycles. The average molecular weight is 1310 g/mol. The van der Waals surface area contributed by atoms with Gasteiger partial charge in [0, 0.05) is 48.2 Å². The normalized spacial score (nSPS) is 13.0. The minimum absolute atomic E-state index is 0. The third kappa shape index (κ3) is 47.9. The molecule has 0 spiro atoms. The molecule has 0 amide bonds. The molecule has 5 nitrogen and oxygen atoms in total. The van der Waals surface area contributed by atoms with Gasteiger partial charge in [-0.2, -0.15) is 26.3 Å². The Kier molecular flexibility index (Phi) is 61.7. The van der Waals surface area contributed by atoms with Gasteiger partial charge >= 0.3 is 16.8 Å². The Morgan fingerprint density at radius 3 is 1.14 bits per heavy atom. The monoisotopic (exact) mass is 1310 g/mol. The summed E-state index contributed by atoms with van der Waals surface area (Å²) in [6, 6.07) is 0. The van der Waals surface area contributed by atoms with Gasteiger partial charge in [0.15, 0.2) is 0 Å². The predicted molar refractivity (Wildman–Crippen MR) is 245 cm³/mol. The van der Waals surface area contributed by atoms with Crippen LogP contribution in [0.4, 0.5) is 26.3 Å². The van der Waals surface area contributed by atoms with Crippen LogP contribution in [0.25, 0.3) is 0 Å². The Morgan fingerprint density at radius 2 is 0.983 bits per heavy atom. The summed E-state index contributed by atoms with van der Waals surface area (Å²) in [5.74, 6) is 0.285. The van der Waals surface area contributed by atoms with E-state index < -0.39 is 33.2 Å². The SMILES string of the molecule is CCP(CC)CC.CC[PH+](CC)CC.CC[PH+](CC)CC.CC[PH+](CC)CC.[OH+]=C(C1=CC=[C+]C=C1)C1=CC=C=C[CH-]1.[O]S(=O)C(F)(F)F.[O]S(=O)C(F)(F)F.[Pt].[Pt]. The van der Waals surface area contributed by atoms with Crippen LogP contribution >= 0.6 is 31.7 Å². The minimum Gasteiger partial charge on any atom is -0.314 e. The van der Waals surface area contributed by atoms with Crippen molar-refractivity contribution in [2.24, 2.45) is 0 Å². The zero-order chi connectivity index (χ0) is 44.8. The summed E-state index contributed by atoms with van der Waals surface area (Å²) in [5, 5.41) is 0. The van der Waals surface area contributed by atoms with E-state index in [1.165, 1.54) is 73.9 Å². The van der Waals surface area contributed by atoms with Gasteiger partial charge in [-0.05, 0) is 110 Å². The van der Waals surface area contributed by atoms with Gasteiger partial charge in [0.05, 0.1) is 67.6 Å². The Balaban J connectivity index is -0.000000107. The van der Waals surface area contributed by atoms with Crippen molar-refractivity contribution in [1.82, 2.24) is 0 Å². The third-order valence-electron chi connectivity index (χ3n) is 8.20. The van der Waals surface area contributed by atoms with Crippen LogP contribution in [0.15, 0.2) is 59.4 Å². The molecule has 0 aromatic heterocycles. The molecule has 0 heterocycles. The maximum atomic E-state index is 10.6. The number of allylic oxidation sites excluding steroid dienone is 9. The molecule has 348 valence electrons. The third-order valence-corrected chi connectivity index (χ3v) is 20.6.